The lowest BCUT2D eigenvalue weighted by Crippen LogP contribution is -2.34. The van der Waals surface area contributed by atoms with Crippen molar-refractivity contribution in [3.05, 3.63) is 47.0 Å². The highest BCUT2D eigenvalue weighted by molar-refractivity contribution is 6.32. The van der Waals surface area contributed by atoms with Crippen molar-refractivity contribution in [2.75, 3.05) is 11.4 Å². The quantitative estimate of drug-likeness (QED) is 0.789. The van der Waals surface area contributed by atoms with Crippen LogP contribution in [0.1, 0.15) is 11.4 Å². The van der Waals surface area contributed by atoms with Gasteiger partial charge in [0, 0.05) is 25.5 Å². The van der Waals surface area contributed by atoms with Crippen LogP contribution in [0.25, 0.3) is 0 Å². The van der Waals surface area contributed by atoms with Gasteiger partial charge in [-0.1, -0.05) is 17.7 Å². The lowest BCUT2D eigenvalue weighted by atomic mass is 10.1. The summed E-state index contributed by atoms with van der Waals surface area (Å²) in [5.41, 5.74) is 1.43. The molecule has 2 aromatic rings. The molecule has 18 heavy (non-hydrogen) atoms. The van der Waals surface area contributed by atoms with Crippen LogP contribution in [0.4, 0.5) is 5.69 Å². The largest absolute Gasteiger partial charge is 0.361 e. The molecule has 0 N–H and O–H groups in total. The first-order chi connectivity index (χ1) is 8.79. The van der Waals surface area contributed by atoms with Crippen molar-refractivity contribution in [3.8, 4) is 6.07 Å². The molecule has 0 bridgehead atoms. The normalized spacial score (nSPS) is 14.1. The van der Waals surface area contributed by atoms with E-state index in [1.165, 1.54) is 0 Å². The molecule has 0 fully saturated rings. The lowest BCUT2D eigenvalue weighted by Gasteiger charge is -2.30. The molecule has 0 saturated carbocycles. The van der Waals surface area contributed by atoms with E-state index in [9.17, 15) is 5.26 Å². The minimum absolute atomic E-state index is 0.504. The van der Waals surface area contributed by atoms with Crippen molar-refractivity contribution in [2.45, 2.75) is 13.1 Å². The van der Waals surface area contributed by atoms with Crippen molar-refractivity contribution in [2.24, 2.45) is 0 Å². The number of nitrogens with zero attached hydrogens (tertiary/aromatic N) is 4. The summed E-state index contributed by atoms with van der Waals surface area (Å²) in [6.45, 7) is 2.45. The molecule has 2 heterocycles. The van der Waals surface area contributed by atoms with Gasteiger partial charge in [-0.05, 0) is 12.1 Å². The maximum Gasteiger partial charge on any atom is 0.128 e. The molecule has 4 nitrogen and oxygen atoms in total. The van der Waals surface area contributed by atoms with Gasteiger partial charge in [0.25, 0.3) is 0 Å². The van der Waals surface area contributed by atoms with Crippen molar-refractivity contribution in [1.82, 2.24) is 9.55 Å². The van der Waals surface area contributed by atoms with Gasteiger partial charge in [-0.3, -0.25) is 0 Å². The number of hydrogen-bond donors (Lipinski definition) is 0. The fourth-order valence-corrected chi connectivity index (χ4v) is 2.48. The highest BCUT2D eigenvalue weighted by Gasteiger charge is 2.20. The summed E-state index contributed by atoms with van der Waals surface area (Å²) in [6.07, 6.45) is 3.79. The highest BCUT2D eigenvalue weighted by atomic mass is 35.5. The van der Waals surface area contributed by atoms with E-state index in [2.05, 4.69) is 20.5 Å². The van der Waals surface area contributed by atoms with E-state index in [4.69, 9.17) is 11.6 Å². The summed E-state index contributed by atoms with van der Waals surface area (Å²) in [4.78, 5) is 6.46. The number of anilines is 1. The zero-order valence-corrected chi connectivity index (χ0v) is 10.4. The van der Waals surface area contributed by atoms with E-state index >= 15 is 0 Å². The minimum Gasteiger partial charge on any atom is -0.361 e. The van der Waals surface area contributed by atoms with E-state index < -0.39 is 0 Å². The SMILES string of the molecule is N#Cc1c(Cl)cccc1N1CCn2ccnc2C1. The van der Waals surface area contributed by atoms with Gasteiger partial charge in [0.05, 0.1) is 22.8 Å². The Hall–Kier alpha value is -1.99. The van der Waals surface area contributed by atoms with Crippen LogP contribution in [-0.2, 0) is 13.1 Å². The Morgan fingerprint density at radius 1 is 1.33 bits per heavy atom. The summed E-state index contributed by atoms with van der Waals surface area (Å²) < 4.78 is 2.13. The standard InChI is InChI=1S/C13H11ClN4/c14-11-2-1-3-12(10(11)8-15)18-7-6-17-5-4-16-13(17)9-18/h1-5H,6-7,9H2. The number of fused-ring (bicyclic) bond motifs is 1. The van der Waals surface area contributed by atoms with E-state index in [1.807, 2.05) is 24.5 Å². The van der Waals surface area contributed by atoms with E-state index in [0.29, 0.717) is 17.1 Å². The summed E-state index contributed by atoms with van der Waals surface area (Å²) in [5.74, 6) is 1.02. The molecular formula is C13H11ClN4. The highest BCUT2D eigenvalue weighted by Crippen LogP contribution is 2.28. The molecule has 0 radical (unpaired) electrons. The van der Waals surface area contributed by atoms with Gasteiger partial charge in [-0.15, -0.1) is 0 Å². The summed E-state index contributed by atoms with van der Waals surface area (Å²) in [6, 6.07) is 7.73. The first-order valence-electron chi connectivity index (χ1n) is 5.73. The minimum atomic E-state index is 0.504. The van der Waals surface area contributed by atoms with Crippen LogP contribution in [0.15, 0.2) is 30.6 Å². The molecule has 0 spiro atoms. The van der Waals surface area contributed by atoms with Gasteiger partial charge in [0.1, 0.15) is 11.9 Å². The molecule has 1 aromatic carbocycles. The molecule has 3 rings (SSSR count). The Bertz CT molecular complexity index is 626. The fraction of sp³-hybridized carbons (Fsp3) is 0.231. The van der Waals surface area contributed by atoms with Crippen molar-refractivity contribution >= 4 is 17.3 Å². The smallest absolute Gasteiger partial charge is 0.128 e. The maximum atomic E-state index is 9.20. The second kappa shape index (κ2) is 4.35. The number of halogens is 1. The van der Waals surface area contributed by atoms with Crippen LogP contribution in [0.3, 0.4) is 0 Å². The number of rotatable bonds is 1. The summed E-state index contributed by atoms with van der Waals surface area (Å²) >= 11 is 6.06. The zero-order chi connectivity index (χ0) is 12.5. The molecule has 0 unspecified atom stereocenters. The van der Waals surface area contributed by atoms with Gasteiger partial charge in [0.15, 0.2) is 0 Å². The summed E-state index contributed by atoms with van der Waals surface area (Å²) in [5, 5.41) is 9.71. The van der Waals surface area contributed by atoms with Crippen LogP contribution in [0.5, 0.6) is 0 Å². The number of aromatic nitrogens is 2. The van der Waals surface area contributed by atoms with Crippen molar-refractivity contribution in [1.29, 1.82) is 5.26 Å². The molecule has 1 aromatic heterocycles. The topological polar surface area (TPSA) is 44.9 Å². The molecule has 90 valence electrons. The molecule has 0 amide bonds. The fourth-order valence-electron chi connectivity index (χ4n) is 2.27. The average Bonchev–Trinajstić information content (AvgIpc) is 2.85. The molecule has 0 aliphatic carbocycles. The van der Waals surface area contributed by atoms with Crippen molar-refractivity contribution in [3.63, 3.8) is 0 Å². The first kappa shape index (κ1) is 11.1. The van der Waals surface area contributed by atoms with Crippen LogP contribution in [0, 0.1) is 11.3 Å². The molecule has 5 heteroatoms. The van der Waals surface area contributed by atoms with E-state index in [0.717, 1.165) is 24.6 Å². The third-order valence-electron chi connectivity index (χ3n) is 3.19. The third-order valence-corrected chi connectivity index (χ3v) is 3.50. The van der Waals surface area contributed by atoms with Crippen LogP contribution in [-0.4, -0.2) is 16.1 Å². The van der Waals surface area contributed by atoms with Gasteiger partial charge in [-0.2, -0.15) is 5.26 Å². The molecule has 0 atom stereocenters. The average molecular weight is 259 g/mol. The van der Waals surface area contributed by atoms with Gasteiger partial charge >= 0.3 is 0 Å². The Labute approximate surface area is 110 Å². The molecule has 0 saturated heterocycles. The molecule has 1 aliphatic heterocycles. The number of benzene rings is 1. The Morgan fingerprint density at radius 2 is 2.22 bits per heavy atom. The Kier molecular flexibility index (Phi) is 2.69. The number of imidazole rings is 1. The zero-order valence-electron chi connectivity index (χ0n) is 9.67. The van der Waals surface area contributed by atoms with Gasteiger partial charge in [0.2, 0.25) is 0 Å². The Balaban J connectivity index is 1.99. The maximum absolute atomic E-state index is 9.20. The molecule has 1 aliphatic rings. The third kappa shape index (κ3) is 1.73. The van der Waals surface area contributed by atoms with E-state index in [-0.39, 0.29) is 0 Å². The Morgan fingerprint density at radius 3 is 3.06 bits per heavy atom. The van der Waals surface area contributed by atoms with Gasteiger partial charge in [-0.25, -0.2) is 4.98 Å². The monoisotopic (exact) mass is 258 g/mol. The second-order valence-electron chi connectivity index (χ2n) is 4.20. The molecular weight excluding hydrogens is 248 g/mol. The van der Waals surface area contributed by atoms with E-state index in [1.54, 1.807) is 6.07 Å². The lowest BCUT2D eigenvalue weighted by molar-refractivity contribution is 0.560. The van der Waals surface area contributed by atoms with Crippen LogP contribution < -0.4 is 4.90 Å². The van der Waals surface area contributed by atoms with Gasteiger partial charge < -0.3 is 9.47 Å². The second-order valence-corrected chi connectivity index (χ2v) is 4.61. The van der Waals surface area contributed by atoms with Crippen molar-refractivity contribution < 1.29 is 0 Å². The number of hydrogen-bond acceptors (Lipinski definition) is 3. The number of nitriles is 1. The first-order valence-corrected chi connectivity index (χ1v) is 6.11. The predicted octanol–water partition coefficient (Wildman–Crippen LogP) is 2.43. The predicted molar refractivity (Wildman–Crippen MR) is 69.4 cm³/mol. The van der Waals surface area contributed by atoms with Crippen LogP contribution >= 0.6 is 11.6 Å². The van der Waals surface area contributed by atoms with Crippen LogP contribution in [0.2, 0.25) is 5.02 Å². The summed E-state index contributed by atoms with van der Waals surface area (Å²) in [7, 11) is 0.